The molecule has 1 heterocycles. The highest BCUT2D eigenvalue weighted by Crippen LogP contribution is 2.43. The van der Waals surface area contributed by atoms with Crippen LogP contribution >= 0.6 is 11.3 Å². The number of thiophene rings is 1. The zero-order chi connectivity index (χ0) is 11.6. The van der Waals surface area contributed by atoms with Crippen molar-refractivity contribution in [1.29, 1.82) is 0 Å². The molecule has 0 saturated heterocycles. The predicted molar refractivity (Wildman–Crippen MR) is 71.0 cm³/mol. The van der Waals surface area contributed by atoms with Crippen LogP contribution in [0.4, 0.5) is 0 Å². The van der Waals surface area contributed by atoms with Crippen molar-refractivity contribution >= 4 is 11.3 Å². The fraction of sp³-hybridized carbons (Fsp3) is 0.692. The first kappa shape index (κ1) is 12.1. The SMILES string of the molecule is CNC(c1ccsc1)C1(N(C)C)CCCC1. The number of hydrogen-bond acceptors (Lipinski definition) is 3. The molecule has 16 heavy (non-hydrogen) atoms. The zero-order valence-electron chi connectivity index (χ0n) is 10.5. The van der Waals surface area contributed by atoms with Crippen LogP contribution in [0.25, 0.3) is 0 Å². The van der Waals surface area contributed by atoms with Crippen LogP contribution in [0.1, 0.15) is 37.3 Å². The van der Waals surface area contributed by atoms with Gasteiger partial charge in [-0.05, 0) is 56.4 Å². The molecule has 1 saturated carbocycles. The Morgan fingerprint density at radius 3 is 2.50 bits per heavy atom. The summed E-state index contributed by atoms with van der Waals surface area (Å²) in [6, 6.07) is 2.73. The minimum absolute atomic E-state index is 0.315. The average molecular weight is 238 g/mol. The third-order valence-corrected chi connectivity index (χ3v) is 4.76. The fourth-order valence-corrected chi connectivity index (χ4v) is 3.85. The summed E-state index contributed by atoms with van der Waals surface area (Å²) in [6.07, 6.45) is 5.34. The van der Waals surface area contributed by atoms with Crippen LogP contribution in [-0.2, 0) is 0 Å². The van der Waals surface area contributed by atoms with Crippen molar-refractivity contribution in [3.05, 3.63) is 22.4 Å². The maximum Gasteiger partial charge on any atom is 0.0512 e. The molecule has 1 aromatic rings. The van der Waals surface area contributed by atoms with Crippen molar-refractivity contribution in [1.82, 2.24) is 10.2 Å². The van der Waals surface area contributed by atoms with Gasteiger partial charge in [0.2, 0.25) is 0 Å². The van der Waals surface area contributed by atoms with Gasteiger partial charge < -0.3 is 10.2 Å². The van der Waals surface area contributed by atoms with E-state index in [0.29, 0.717) is 11.6 Å². The minimum Gasteiger partial charge on any atom is -0.311 e. The molecular formula is C13H22N2S. The topological polar surface area (TPSA) is 15.3 Å². The van der Waals surface area contributed by atoms with E-state index in [2.05, 4.69) is 48.2 Å². The van der Waals surface area contributed by atoms with Gasteiger partial charge in [-0.2, -0.15) is 11.3 Å². The molecule has 0 aliphatic heterocycles. The summed E-state index contributed by atoms with van der Waals surface area (Å²) in [4.78, 5) is 2.43. The van der Waals surface area contributed by atoms with Crippen molar-refractivity contribution in [3.8, 4) is 0 Å². The van der Waals surface area contributed by atoms with Crippen molar-refractivity contribution in [2.75, 3.05) is 21.1 Å². The third-order valence-electron chi connectivity index (χ3n) is 4.06. The molecule has 1 N–H and O–H groups in total. The van der Waals surface area contributed by atoms with Gasteiger partial charge in [0.05, 0.1) is 6.04 Å². The van der Waals surface area contributed by atoms with Gasteiger partial charge in [0.1, 0.15) is 0 Å². The monoisotopic (exact) mass is 238 g/mol. The molecule has 0 aromatic carbocycles. The minimum atomic E-state index is 0.315. The van der Waals surface area contributed by atoms with E-state index >= 15 is 0 Å². The Labute approximate surface area is 103 Å². The summed E-state index contributed by atoms with van der Waals surface area (Å²) in [5, 5.41) is 7.99. The number of rotatable bonds is 4. The van der Waals surface area contributed by atoms with E-state index in [1.54, 1.807) is 11.3 Å². The Bertz CT molecular complexity index is 313. The van der Waals surface area contributed by atoms with E-state index in [1.165, 1.54) is 31.2 Å². The molecule has 0 bridgehead atoms. The lowest BCUT2D eigenvalue weighted by Crippen LogP contribution is -2.51. The van der Waals surface area contributed by atoms with Crippen LogP contribution in [0, 0.1) is 0 Å². The molecule has 0 radical (unpaired) electrons. The van der Waals surface area contributed by atoms with Gasteiger partial charge in [0.25, 0.3) is 0 Å². The number of nitrogens with zero attached hydrogens (tertiary/aromatic N) is 1. The van der Waals surface area contributed by atoms with Crippen LogP contribution in [0.5, 0.6) is 0 Å². The molecule has 3 heteroatoms. The number of likely N-dealkylation sites (N-methyl/N-ethyl adjacent to an activating group) is 2. The molecule has 0 spiro atoms. The van der Waals surface area contributed by atoms with Crippen LogP contribution in [0.3, 0.4) is 0 Å². The first-order valence-electron chi connectivity index (χ1n) is 6.07. The summed E-state index contributed by atoms with van der Waals surface area (Å²) in [5.41, 5.74) is 1.76. The second kappa shape index (κ2) is 4.86. The highest BCUT2D eigenvalue weighted by molar-refractivity contribution is 7.07. The first-order valence-corrected chi connectivity index (χ1v) is 7.02. The second-order valence-electron chi connectivity index (χ2n) is 4.98. The Hall–Kier alpha value is -0.380. The molecule has 1 fully saturated rings. The standard InChI is InChI=1S/C13H22N2S/c1-14-12(11-6-9-16-10-11)13(15(2)3)7-4-5-8-13/h6,9-10,12,14H,4-5,7-8H2,1-3H3. The second-order valence-corrected chi connectivity index (χ2v) is 5.76. The normalized spacial score (nSPS) is 21.5. The van der Waals surface area contributed by atoms with Crippen LogP contribution in [-0.4, -0.2) is 31.6 Å². The van der Waals surface area contributed by atoms with Crippen LogP contribution < -0.4 is 5.32 Å². The molecule has 1 aromatic heterocycles. The highest BCUT2D eigenvalue weighted by Gasteiger charge is 2.43. The number of nitrogens with one attached hydrogen (secondary N) is 1. The lowest BCUT2D eigenvalue weighted by molar-refractivity contribution is 0.109. The van der Waals surface area contributed by atoms with Gasteiger partial charge in [0.15, 0.2) is 0 Å². The molecule has 1 unspecified atom stereocenters. The molecule has 1 atom stereocenters. The van der Waals surface area contributed by atoms with E-state index < -0.39 is 0 Å². The highest BCUT2D eigenvalue weighted by atomic mass is 32.1. The van der Waals surface area contributed by atoms with Crippen LogP contribution in [0.15, 0.2) is 16.8 Å². The molecule has 2 rings (SSSR count). The molecule has 0 amide bonds. The van der Waals surface area contributed by atoms with E-state index in [9.17, 15) is 0 Å². The predicted octanol–water partition coefficient (Wildman–Crippen LogP) is 2.88. The Morgan fingerprint density at radius 1 is 1.38 bits per heavy atom. The lowest BCUT2D eigenvalue weighted by atomic mass is 9.83. The molecule has 1 aliphatic carbocycles. The average Bonchev–Trinajstić information content (AvgIpc) is 2.89. The summed E-state index contributed by atoms with van der Waals surface area (Å²) < 4.78 is 0. The summed E-state index contributed by atoms with van der Waals surface area (Å²) in [6.45, 7) is 0. The van der Waals surface area contributed by atoms with Crippen LogP contribution in [0.2, 0.25) is 0 Å². The van der Waals surface area contributed by atoms with E-state index in [1.807, 2.05) is 0 Å². The molecule has 1 aliphatic rings. The van der Waals surface area contributed by atoms with Crippen molar-refractivity contribution < 1.29 is 0 Å². The zero-order valence-corrected chi connectivity index (χ0v) is 11.3. The van der Waals surface area contributed by atoms with Gasteiger partial charge in [-0.25, -0.2) is 0 Å². The van der Waals surface area contributed by atoms with E-state index in [0.717, 1.165) is 0 Å². The first-order chi connectivity index (χ1) is 7.70. The Balaban J connectivity index is 2.30. The quantitative estimate of drug-likeness (QED) is 0.867. The van der Waals surface area contributed by atoms with Gasteiger partial charge >= 0.3 is 0 Å². The Morgan fingerprint density at radius 2 is 2.06 bits per heavy atom. The van der Waals surface area contributed by atoms with Crippen molar-refractivity contribution in [2.45, 2.75) is 37.3 Å². The smallest absolute Gasteiger partial charge is 0.0512 e. The van der Waals surface area contributed by atoms with Crippen molar-refractivity contribution in [3.63, 3.8) is 0 Å². The summed E-state index contributed by atoms with van der Waals surface area (Å²) >= 11 is 1.79. The summed E-state index contributed by atoms with van der Waals surface area (Å²) in [5.74, 6) is 0. The maximum absolute atomic E-state index is 3.53. The fourth-order valence-electron chi connectivity index (χ4n) is 3.17. The molecular weight excluding hydrogens is 216 g/mol. The lowest BCUT2D eigenvalue weighted by Gasteiger charge is -2.43. The van der Waals surface area contributed by atoms with Gasteiger partial charge in [-0.1, -0.05) is 12.8 Å². The van der Waals surface area contributed by atoms with Crippen molar-refractivity contribution in [2.24, 2.45) is 0 Å². The largest absolute Gasteiger partial charge is 0.311 e. The van der Waals surface area contributed by atoms with Gasteiger partial charge in [0, 0.05) is 5.54 Å². The molecule has 2 nitrogen and oxygen atoms in total. The Kier molecular flexibility index (Phi) is 3.67. The van der Waals surface area contributed by atoms with Gasteiger partial charge in [-0.15, -0.1) is 0 Å². The van der Waals surface area contributed by atoms with E-state index in [-0.39, 0.29) is 0 Å². The third kappa shape index (κ3) is 1.92. The summed E-state index contributed by atoms with van der Waals surface area (Å²) in [7, 11) is 6.54. The van der Waals surface area contributed by atoms with E-state index in [4.69, 9.17) is 0 Å². The number of hydrogen-bond donors (Lipinski definition) is 1. The molecule has 90 valence electrons. The maximum atomic E-state index is 3.53. The van der Waals surface area contributed by atoms with Gasteiger partial charge in [-0.3, -0.25) is 0 Å².